The van der Waals surface area contributed by atoms with Crippen LogP contribution in [0.2, 0.25) is 5.02 Å². The summed E-state index contributed by atoms with van der Waals surface area (Å²) in [4.78, 5) is 16.7. The Bertz CT molecular complexity index is 1400. The van der Waals surface area contributed by atoms with E-state index in [1.54, 1.807) is 0 Å². The maximum Gasteiger partial charge on any atom is 0.437 e. The van der Waals surface area contributed by atoms with Crippen LogP contribution in [0.3, 0.4) is 0 Å². The number of aliphatic imine (C=N–C) groups is 1. The number of hydrogen-bond acceptors (Lipinski definition) is 4. The molecule has 2 saturated carbocycles. The maximum absolute atomic E-state index is 15.0. The second kappa shape index (κ2) is 9.85. The monoisotopic (exact) mass is 639 g/mol. The number of carbonyl (C=O) groups excluding carboxylic acids is 1. The van der Waals surface area contributed by atoms with Gasteiger partial charge in [0, 0.05) is 24.0 Å². The zero-order chi connectivity index (χ0) is 29.0. The first-order valence-electron chi connectivity index (χ1n) is 11.3. The molecule has 1 amide bonds. The zero-order valence-electron chi connectivity index (χ0n) is 19.6. The number of hydrogen-bond donors (Lipinski definition) is 2. The number of aromatic nitrogens is 1. The number of nitrogens with zero attached hydrogens (tertiary/aromatic N) is 3. The number of nitriles is 1. The van der Waals surface area contributed by atoms with Crippen LogP contribution in [0.4, 0.5) is 36.6 Å². The lowest BCUT2D eigenvalue weighted by Crippen LogP contribution is -2.51. The lowest BCUT2D eigenvalue weighted by molar-refractivity contribution is -0.350. The molecule has 2 fully saturated rings. The van der Waals surface area contributed by atoms with Crippen molar-refractivity contribution in [2.75, 3.05) is 0 Å². The standard InChI is InChI=1S/C24H18BrClF7N5O/c25-16-8-18(22(27,23(28,29)30)24(31,32)33)38(14-2-3-14)19(16)36-10-13(9-34)12-1-4-17(26)15(7-12)20(39)37-21(11-35)5-6-21/h1,4,7-10,14H,2-3,5-6,34H2,(H,37,39). The predicted octanol–water partition coefficient (Wildman–Crippen LogP) is 7.02. The Kier molecular flexibility index (Phi) is 7.31. The molecule has 39 heavy (non-hydrogen) atoms. The van der Waals surface area contributed by atoms with Crippen LogP contribution < -0.4 is 11.1 Å². The first-order chi connectivity index (χ1) is 18.1. The van der Waals surface area contributed by atoms with Gasteiger partial charge in [0.25, 0.3) is 5.91 Å². The normalized spacial score (nSPS) is 17.8. The summed E-state index contributed by atoms with van der Waals surface area (Å²) in [5, 5.41) is 11.9. The van der Waals surface area contributed by atoms with Crippen molar-refractivity contribution in [2.24, 2.45) is 10.7 Å². The maximum atomic E-state index is 15.0. The van der Waals surface area contributed by atoms with Gasteiger partial charge in [-0.25, -0.2) is 9.38 Å². The summed E-state index contributed by atoms with van der Waals surface area (Å²) in [6, 6.07) is 5.78. The highest BCUT2D eigenvalue weighted by atomic mass is 79.9. The Labute approximate surface area is 230 Å². The highest BCUT2D eigenvalue weighted by Gasteiger charge is 2.75. The number of carbonyl (C=O) groups is 1. The van der Waals surface area contributed by atoms with Crippen LogP contribution in [-0.2, 0) is 5.67 Å². The number of nitrogens with two attached hydrogens (primary N) is 1. The fourth-order valence-electron chi connectivity index (χ4n) is 3.92. The molecule has 2 aliphatic rings. The predicted molar refractivity (Wildman–Crippen MR) is 132 cm³/mol. The van der Waals surface area contributed by atoms with Crippen LogP contribution in [0, 0.1) is 11.3 Å². The Morgan fingerprint density at radius 3 is 2.28 bits per heavy atom. The van der Waals surface area contributed by atoms with Crippen molar-refractivity contribution in [2.45, 2.75) is 55.3 Å². The molecule has 0 bridgehead atoms. The number of amides is 1. The highest BCUT2D eigenvalue weighted by molar-refractivity contribution is 9.10. The molecule has 0 atom stereocenters. The molecule has 6 nitrogen and oxygen atoms in total. The van der Waals surface area contributed by atoms with Gasteiger partial charge < -0.3 is 15.6 Å². The third kappa shape index (κ3) is 5.26. The van der Waals surface area contributed by atoms with E-state index in [1.807, 2.05) is 6.07 Å². The average molecular weight is 641 g/mol. The van der Waals surface area contributed by atoms with Crippen LogP contribution in [-0.4, -0.2) is 34.6 Å². The molecular weight excluding hydrogens is 623 g/mol. The molecule has 15 heteroatoms. The van der Waals surface area contributed by atoms with Crippen LogP contribution in [0.25, 0.3) is 5.57 Å². The van der Waals surface area contributed by atoms with E-state index < -0.39 is 41.2 Å². The molecule has 4 rings (SSSR count). The number of rotatable bonds is 7. The smallest absolute Gasteiger partial charge is 0.404 e. The minimum Gasteiger partial charge on any atom is -0.404 e. The molecule has 0 saturated heterocycles. The molecule has 2 aromatic rings. The Morgan fingerprint density at radius 2 is 1.79 bits per heavy atom. The van der Waals surface area contributed by atoms with Crippen LogP contribution in [0.5, 0.6) is 0 Å². The van der Waals surface area contributed by atoms with Crippen molar-refractivity contribution >= 4 is 51.0 Å². The van der Waals surface area contributed by atoms with E-state index in [2.05, 4.69) is 26.2 Å². The van der Waals surface area contributed by atoms with E-state index in [-0.39, 0.29) is 44.9 Å². The lowest BCUT2D eigenvalue weighted by Gasteiger charge is -2.31. The van der Waals surface area contributed by atoms with Crippen molar-refractivity contribution < 1.29 is 35.5 Å². The molecular formula is C24H18BrClF7N5O. The molecule has 2 aliphatic carbocycles. The van der Waals surface area contributed by atoms with Crippen molar-refractivity contribution in [3.05, 3.63) is 56.8 Å². The molecule has 0 unspecified atom stereocenters. The summed E-state index contributed by atoms with van der Waals surface area (Å²) in [6.07, 6.45) is -9.05. The van der Waals surface area contributed by atoms with Crippen LogP contribution >= 0.6 is 27.5 Å². The van der Waals surface area contributed by atoms with Crippen molar-refractivity contribution in [3.8, 4) is 6.07 Å². The number of alkyl halides is 7. The van der Waals surface area contributed by atoms with Crippen LogP contribution in [0.1, 0.15) is 53.3 Å². The molecule has 1 aromatic heterocycles. The number of halogens is 9. The average Bonchev–Trinajstić information content (AvgIpc) is 3.78. The zero-order valence-corrected chi connectivity index (χ0v) is 21.9. The fourth-order valence-corrected chi connectivity index (χ4v) is 4.64. The Balaban J connectivity index is 1.72. The third-order valence-electron chi connectivity index (χ3n) is 6.38. The first-order valence-corrected chi connectivity index (χ1v) is 12.5. The van der Waals surface area contributed by atoms with E-state index in [0.717, 1.165) is 12.4 Å². The molecule has 208 valence electrons. The van der Waals surface area contributed by atoms with E-state index in [1.165, 1.54) is 18.2 Å². The van der Waals surface area contributed by atoms with Crippen LogP contribution in [0.15, 0.2) is 39.9 Å². The number of benzene rings is 1. The SMILES string of the molecule is N#CC1(NC(=O)c2cc(C(C=Nc3c(Br)cc(C(F)(C(F)(F)F)C(F)(F)F)n3C3CC3)=CN)ccc2Cl)CC1. The Hall–Kier alpha value is -3.05. The highest BCUT2D eigenvalue weighted by Crippen LogP contribution is 2.57. The van der Waals surface area contributed by atoms with Crippen molar-refractivity contribution in [1.82, 2.24) is 9.88 Å². The number of nitrogens with one attached hydrogen (secondary N) is 1. The topological polar surface area (TPSA) is 96.2 Å². The second-order valence-corrected chi connectivity index (χ2v) is 10.4. The van der Waals surface area contributed by atoms with Gasteiger partial charge in [-0.2, -0.15) is 31.6 Å². The van der Waals surface area contributed by atoms with Gasteiger partial charge in [0.2, 0.25) is 0 Å². The van der Waals surface area contributed by atoms with Gasteiger partial charge in [0.05, 0.1) is 26.8 Å². The third-order valence-corrected chi connectivity index (χ3v) is 7.29. The molecule has 0 radical (unpaired) electrons. The fraction of sp³-hybridized carbons (Fsp3) is 0.375. The van der Waals surface area contributed by atoms with E-state index >= 15 is 0 Å². The van der Waals surface area contributed by atoms with Gasteiger partial charge in [0.1, 0.15) is 11.4 Å². The van der Waals surface area contributed by atoms with Gasteiger partial charge in [-0.1, -0.05) is 17.7 Å². The quantitative estimate of drug-likeness (QED) is 0.252. The summed E-state index contributed by atoms with van der Waals surface area (Å²) < 4.78 is 96.2. The molecule has 3 N–H and O–H groups in total. The summed E-state index contributed by atoms with van der Waals surface area (Å²) >= 11 is 9.07. The summed E-state index contributed by atoms with van der Waals surface area (Å²) in [6.45, 7) is 0. The summed E-state index contributed by atoms with van der Waals surface area (Å²) in [5.74, 6) is -0.998. The minimum absolute atomic E-state index is 0.00540. The van der Waals surface area contributed by atoms with Crippen molar-refractivity contribution in [3.63, 3.8) is 0 Å². The van der Waals surface area contributed by atoms with Gasteiger partial charge in [-0.15, -0.1) is 0 Å². The summed E-state index contributed by atoms with van der Waals surface area (Å²) in [7, 11) is 0. The van der Waals surface area contributed by atoms with Gasteiger partial charge in [0.15, 0.2) is 0 Å². The Morgan fingerprint density at radius 1 is 1.18 bits per heavy atom. The molecule has 1 aromatic carbocycles. The molecule has 0 spiro atoms. The second-order valence-electron chi connectivity index (χ2n) is 9.18. The molecule has 1 heterocycles. The van der Waals surface area contributed by atoms with E-state index in [4.69, 9.17) is 17.3 Å². The number of allylic oxidation sites excluding steroid dienone is 1. The lowest BCUT2D eigenvalue weighted by atomic mass is 10.0. The first kappa shape index (κ1) is 28.9. The van der Waals surface area contributed by atoms with Gasteiger partial charge in [-0.05, 0) is 65.4 Å². The van der Waals surface area contributed by atoms with Gasteiger partial charge >= 0.3 is 18.0 Å². The van der Waals surface area contributed by atoms with Gasteiger partial charge in [-0.3, -0.25) is 4.79 Å². The van der Waals surface area contributed by atoms with Crippen molar-refractivity contribution in [1.29, 1.82) is 5.26 Å². The summed E-state index contributed by atoms with van der Waals surface area (Å²) in [5.41, 5.74) is -2.14. The largest absolute Gasteiger partial charge is 0.437 e. The molecule has 0 aliphatic heterocycles. The van der Waals surface area contributed by atoms with E-state index in [9.17, 15) is 40.8 Å². The minimum atomic E-state index is -6.29. The van der Waals surface area contributed by atoms with E-state index in [0.29, 0.717) is 23.5 Å².